The zero-order valence-corrected chi connectivity index (χ0v) is 11.1. The van der Waals surface area contributed by atoms with Crippen molar-refractivity contribution < 1.29 is 4.58 Å². The lowest BCUT2D eigenvalue weighted by Gasteiger charge is -2.10. The minimum atomic E-state index is 0.795. The first kappa shape index (κ1) is 12.4. The molecule has 0 heterocycles. The number of hydrogen-bond acceptors (Lipinski definition) is 1. The fourth-order valence-electron chi connectivity index (χ4n) is 1.21. The molecule has 0 aliphatic carbocycles. The molecule has 0 amide bonds. The van der Waals surface area contributed by atoms with Crippen molar-refractivity contribution in [1.29, 1.82) is 0 Å². The molecule has 4 heteroatoms. The van der Waals surface area contributed by atoms with Crippen molar-refractivity contribution in [2.75, 3.05) is 28.2 Å². The van der Waals surface area contributed by atoms with Crippen LogP contribution in [0.4, 0.5) is 0 Å². The molecule has 0 aliphatic rings. The summed E-state index contributed by atoms with van der Waals surface area (Å²) < 4.78 is 2.08. The molecule has 0 saturated carbocycles. The van der Waals surface area contributed by atoms with Gasteiger partial charge in [-0.25, -0.2) is 0 Å². The maximum atomic E-state index is 6.11. The highest BCUT2D eigenvalue weighted by Crippen LogP contribution is 2.27. The standard InChI is InChI=1S/C11H16ClN2S/c1-13(2)11(14(3)4)15-10-8-6-5-7-9(10)12/h5-8H,1-4H3/q+1. The van der Waals surface area contributed by atoms with Gasteiger partial charge in [0.25, 0.3) is 0 Å². The summed E-state index contributed by atoms with van der Waals surface area (Å²) in [5.41, 5.74) is 0. The second kappa shape index (κ2) is 5.42. The first-order chi connectivity index (χ1) is 7.02. The van der Waals surface area contributed by atoms with E-state index in [2.05, 4.69) is 9.48 Å². The smallest absolute Gasteiger partial charge is 0.261 e. The van der Waals surface area contributed by atoms with Crippen LogP contribution >= 0.6 is 23.4 Å². The van der Waals surface area contributed by atoms with Crippen molar-refractivity contribution in [2.45, 2.75) is 4.90 Å². The van der Waals surface area contributed by atoms with Gasteiger partial charge in [-0.05, 0) is 23.9 Å². The molecule has 0 radical (unpaired) electrons. The Balaban J connectivity index is 2.95. The van der Waals surface area contributed by atoms with Crippen LogP contribution in [0.2, 0.25) is 5.02 Å². The normalized spacial score (nSPS) is 9.93. The second-order valence-electron chi connectivity index (χ2n) is 3.60. The van der Waals surface area contributed by atoms with Crippen LogP contribution < -0.4 is 0 Å². The molecule has 0 saturated heterocycles. The summed E-state index contributed by atoms with van der Waals surface area (Å²) in [6.07, 6.45) is 0. The number of hydrogen-bond donors (Lipinski definition) is 0. The summed E-state index contributed by atoms with van der Waals surface area (Å²) >= 11 is 7.77. The van der Waals surface area contributed by atoms with E-state index in [0.717, 1.165) is 15.1 Å². The average molecular weight is 244 g/mol. The highest BCUT2D eigenvalue weighted by molar-refractivity contribution is 8.13. The third-order valence-corrected chi connectivity index (χ3v) is 3.73. The number of halogens is 1. The lowest BCUT2D eigenvalue weighted by molar-refractivity contribution is -0.466. The Labute approximate surface area is 101 Å². The van der Waals surface area contributed by atoms with Crippen molar-refractivity contribution in [3.05, 3.63) is 29.3 Å². The number of amidine groups is 1. The van der Waals surface area contributed by atoms with E-state index in [1.165, 1.54) is 0 Å². The van der Waals surface area contributed by atoms with Gasteiger partial charge in [0.1, 0.15) is 0 Å². The third-order valence-electron chi connectivity index (χ3n) is 1.80. The molecule has 1 aromatic carbocycles. The molecule has 15 heavy (non-hydrogen) atoms. The zero-order chi connectivity index (χ0) is 11.4. The quantitative estimate of drug-likeness (QED) is 0.324. The number of thioether (sulfide) groups is 1. The second-order valence-corrected chi connectivity index (χ2v) is 5.02. The highest BCUT2D eigenvalue weighted by Gasteiger charge is 2.15. The lowest BCUT2D eigenvalue weighted by atomic mass is 10.4. The maximum Gasteiger partial charge on any atom is 0.312 e. The summed E-state index contributed by atoms with van der Waals surface area (Å²) in [6, 6.07) is 7.88. The van der Waals surface area contributed by atoms with Crippen LogP contribution in [0.15, 0.2) is 29.2 Å². The van der Waals surface area contributed by atoms with Crippen LogP contribution in [0.1, 0.15) is 0 Å². The van der Waals surface area contributed by atoms with Crippen LogP contribution in [-0.2, 0) is 0 Å². The van der Waals surface area contributed by atoms with Crippen molar-refractivity contribution in [3.8, 4) is 0 Å². The van der Waals surface area contributed by atoms with Crippen LogP contribution in [0.3, 0.4) is 0 Å². The van der Waals surface area contributed by atoms with E-state index in [1.54, 1.807) is 11.8 Å². The van der Waals surface area contributed by atoms with Gasteiger partial charge >= 0.3 is 5.17 Å². The summed E-state index contributed by atoms with van der Waals surface area (Å²) in [5.74, 6) is 0. The Morgan fingerprint density at radius 1 is 1.27 bits per heavy atom. The summed E-state index contributed by atoms with van der Waals surface area (Å²) in [5, 5.41) is 1.95. The van der Waals surface area contributed by atoms with Gasteiger partial charge in [-0.3, -0.25) is 9.48 Å². The van der Waals surface area contributed by atoms with Crippen molar-refractivity contribution in [3.63, 3.8) is 0 Å². The van der Waals surface area contributed by atoms with E-state index in [0.29, 0.717) is 0 Å². The Kier molecular flexibility index (Phi) is 4.48. The van der Waals surface area contributed by atoms with Crippen LogP contribution in [0, 0.1) is 0 Å². The van der Waals surface area contributed by atoms with E-state index in [9.17, 15) is 0 Å². The Morgan fingerprint density at radius 2 is 1.87 bits per heavy atom. The van der Waals surface area contributed by atoms with Gasteiger partial charge in [-0.15, -0.1) is 0 Å². The summed E-state index contributed by atoms with van der Waals surface area (Å²) in [4.78, 5) is 3.16. The van der Waals surface area contributed by atoms with Gasteiger partial charge in [0.2, 0.25) is 0 Å². The van der Waals surface area contributed by atoms with E-state index in [-0.39, 0.29) is 0 Å². The molecule has 0 atom stereocenters. The SMILES string of the molecule is CN(C)C(Sc1ccccc1Cl)=[N+](C)C. The molecule has 1 rings (SSSR count). The largest absolute Gasteiger partial charge is 0.312 e. The molecule has 0 aromatic heterocycles. The molecular formula is C11H16ClN2S+. The lowest BCUT2D eigenvalue weighted by Crippen LogP contribution is -2.26. The van der Waals surface area contributed by atoms with Gasteiger partial charge in [-0.2, -0.15) is 0 Å². The molecule has 2 nitrogen and oxygen atoms in total. The van der Waals surface area contributed by atoms with Gasteiger partial charge in [0.05, 0.1) is 33.2 Å². The molecular weight excluding hydrogens is 228 g/mol. The maximum absolute atomic E-state index is 6.11. The topological polar surface area (TPSA) is 6.25 Å². The van der Waals surface area contributed by atoms with Crippen molar-refractivity contribution in [2.24, 2.45) is 0 Å². The highest BCUT2D eigenvalue weighted by atomic mass is 35.5. The van der Waals surface area contributed by atoms with E-state index < -0.39 is 0 Å². The average Bonchev–Trinajstić information content (AvgIpc) is 2.15. The van der Waals surface area contributed by atoms with E-state index in [1.807, 2.05) is 52.5 Å². The molecule has 82 valence electrons. The number of benzene rings is 1. The van der Waals surface area contributed by atoms with Crippen LogP contribution in [0.25, 0.3) is 0 Å². The predicted molar refractivity (Wildman–Crippen MR) is 68.1 cm³/mol. The van der Waals surface area contributed by atoms with Gasteiger partial charge < -0.3 is 0 Å². The molecule has 0 spiro atoms. The molecule has 0 unspecified atom stereocenters. The first-order valence-electron chi connectivity index (χ1n) is 4.66. The van der Waals surface area contributed by atoms with Gasteiger partial charge in [-0.1, -0.05) is 23.7 Å². The molecule has 0 aliphatic heterocycles. The number of nitrogens with zero attached hydrogens (tertiary/aromatic N) is 2. The molecule has 0 bridgehead atoms. The summed E-state index contributed by atoms with van der Waals surface area (Å²) in [6.45, 7) is 0. The van der Waals surface area contributed by atoms with Crippen LogP contribution in [-0.4, -0.2) is 42.8 Å². The van der Waals surface area contributed by atoms with E-state index >= 15 is 0 Å². The molecule has 0 N–H and O–H groups in total. The van der Waals surface area contributed by atoms with E-state index in [4.69, 9.17) is 11.6 Å². The van der Waals surface area contributed by atoms with Crippen LogP contribution in [0.5, 0.6) is 0 Å². The predicted octanol–water partition coefficient (Wildman–Crippen LogP) is 2.62. The monoisotopic (exact) mass is 243 g/mol. The Bertz CT molecular complexity index is 371. The van der Waals surface area contributed by atoms with Crippen molar-refractivity contribution >= 4 is 28.5 Å². The van der Waals surface area contributed by atoms with Gasteiger partial charge in [0.15, 0.2) is 0 Å². The first-order valence-corrected chi connectivity index (χ1v) is 5.86. The minimum absolute atomic E-state index is 0.795. The minimum Gasteiger partial charge on any atom is -0.261 e. The number of rotatable bonds is 1. The fraction of sp³-hybridized carbons (Fsp3) is 0.364. The van der Waals surface area contributed by atoms with Crippen molar-refractivity contribution in [1.82, 2.24) is 4.90 Å². The summed E-state index contributed by atoms with van der Waals surface area (Å²) in [7, 11) is 8.11. The third kappa shape index (κ3) is 3.43. The Hall–Kier alpha value is -0.670. The molecule has 0 fully saturated rings. The van der Waals surface area contributed by atoms with Gasteiger partial charge in [0, 0.05) is 4.90 Å². The fourth-order valence-corrected chi connectivity index (χ4v) is 2.33. The molecule has 1 aromatic rings. The Morgan fingerprint density at radius 3 is 2.33 bits per heavy atom. The zero-order valence-electron chi connectivity index (χ0n) is 9.49.